The lowest BCUT2D eigenvalue weighted by atomic mass is 9.95. The van der Waals surface area contributed by atoms with E-state index in [-0.39, 0.29) is 12.0 Å². The molecule has 0 spiro atoms. The van der Waals surface area contributed by atoms with Crippen LogP contribution in [0.15, 0.2) is 16.9 Å². The first-order valence-corrected chi connectivity index (χ1v) is 5.28. The maximum absolute atomic E-state index is 10.5. The van der Waals surface area contributed by atoms with Gasteiger partial charge in [0.2, 0.25) is 0 Å². The number of hydrogen-bond acceptors (Lipinski definition) is 3. The first-order chi connectivity index (χ1) is 6.89. The number of halogens is 1. The number of nitrogens with two attached hydrogens (primary N) is 1. The molecule has 1 heterocycles. The third-order valence-corrected chi connectivity index (χ3v) is 2.21. The molecule has 15 heavy (non-hydrogen) atoms. The zero-order chi connectivity index (χ0) is 11.5. The van der Waals surface area contributed by atoms with Crippen molar-refractivity contribution >= 4 is 22.0 Å². The minimum Gasteiger partial charge on any atom is -0.449 e. The summed E-state index contributed by atoms with van der Waals surface area (Å²) in [6.45, 7) is 4.89. The second-order valence-electron chi connectivity index (χ2n) is 4.13. The number of nitrogens with zero attached hydrogens (tertiary/aromatic N) is 2. The SMILES string of the molecule is CC(C)(COC(N)=O)Cn1cc(Br)cn1. The van der Waals surface area contributed by atoms with Crippen molar-refractivity contribution in [3.8, 4) is 0 Å². The molecule has 0 saturated carbocycles. The number of rotatable bonds is 4. The van der Waals surface area contributed by atoms with Crippen molar-refractivity contribution in [2.24, 2.45) is 11.1 Å². The summed E-state index contributed by atoms with van der Waals surface area (Å²) in [6.07, 6.45) is 2.83. The van der Waals surface area contributed by atoms with Crippen LogP contribution in [0.4, 0.5) is 4.79 Å². The van der Waals surface area contributed by atoms with Crippen LogP contribution in [0.2, 0.25) is 0 Å². The van der Waals surface area contributed by atoms with Crippen molar-refractivity contribution in [2.75, 3.05) is 6.61 Å². The average molecular weight is 276 g/mol. The van der Waals surface area contributed by atoms with Crippen molar-refractivity contribution in [1.82, 2.24) is 9.78 Å². The number of ether oxygens (including phenoxy) is 1. The minimum atomic E-state index is -0.746. The molecule has 0 aliphatic carbocycles. The van der Waals surface area contributed by atoms with Gasteiger partial charge in [-0.05, 0) is 15.9 Å². The van der Waals surface area contributed by atoms with Crippen molar-refractivity contribution in [3.05, 3.63) is 16.9 Å². The van der Waals surface area contributed by atoms with Gasteiger partial charge in [0.05, 0.1) is 10.7 Å². The fraction of sp³-hybridized carbons (Fsp3) is 0.556. The summed E-state index contributed by atoms with van der Waals surface area (Å²) >= 11 is 3.31. The van der Waals surface area contributed by atoms with Gasteiger partial charge in [0, 0.05) is 18.2 Å². The molecule has 84 valence electrons. The second kappa shape index (κ2) is 4.65. The molecule has 0 aromatic carbocycles. The first-order valence-electron chi connectivity index (χ1n) is 4.49. The van der Waals surface area contributed by atoms with Crippen molar-refractivity contribution in [3.63, 3.8) is 0 Å². The van der Waals surface area contributed by atoms with Crippen molar-refractivity contribution < 1.29 is 9.53 Å². The summed E-state index contributed by atoms with van der Waals surface area (Å²) < 4.78 is 7.48. The Bertz CT molecular complexity index is 349. The van der Waals surface area contributed by atoms with Gasteiger partial charge in [-0.1, -0.05) is 13.8 Å². The van der Waals surface area contributed by atoms with Gasteiger partial charge in [0.25, 0.3) is 0 Å². The largest absolute Gasteiger partial charge is 0.449 e. The molecule has 0 atom stereocenters. The molecule has 0 bridgehead atoms. The number of aromatic nitrogens is 2. The van der Waals surface area contributed by atoms with E-state index >= 15 is 0 Å². The van der Waals surface area contributed by atoms with Crippen LogP contribution in [0.25, 0.3) is 0 Å². The molecule has 2 N–H and O–H groups in total. The van der Waals surface area contributed by atoms with E-state index in [0.717, 1.165) is 4.47 Å². The predicted molar refractivity (Wildman–Crippen MR) is 59.2 cm³/mol. The standard InChI is InChI=1S/C9H14BrN3O2/c1-9(2,6-15-8(11)14)5-13-4-7(10)3-12-13/h3-4H,5-6H2,1-2H3,(H2,11,14). The van der Waals surface area contributed by atoms with E-state index in [1.807, 2.05) is 20.0 Å². The molecule has 5 nitrogen and oxygen atoms in total. The average Bonchev–Trinajstić information content (AvgIpc) is 2.47. The Labute approximate surface area is 96.7 Å². The van der Waals surface area contributed by atoms with Crippen LogP contribution in [-0.2, 0) is 11.3 Å². The van der Waals surface area contributed by atoms with E-state index in [1.54, 1.807) is 10.9 Å². The van der Waals surface area contributed by atoms with Gasteiger partial charge in [0.15, 0.2) is 0 Å². The van der Waals surface area contributed by atoms with Gasteiger partial charge in [0.1, 0.15) is 6.61 Å². The lowest BCUT2D eigenvalue weighted by Gasteiger charge is -2.23. The Hall–Kier alpha value is -1.04. The molecule has 1 amide bonds. The lowest BCUT2D eigenvalue weighted by molar-refractivity contribution is 0.0948. The van der Waals surface area contributed by atoms with Gasteiger partial charge in [-0.3, -0.25) is 4.68 Å². The van der Waals surface area contributed by atoms with E-state index in [9.17, 15) is 4.79 Å². The number of amides is 1. The molecule has 0 aliphatic heterocycles. The van der Waals surface area contributed by atoms with E-state index in [1.165, 1.54) is 0 Å². The maximum atomic E-state index is 10.5. The summed E-state index contributed by atoms with van der Waals surface area (Å²) in [5.74, 6) is 0. The molecule has 1 rings (SSSR count). The van der Waals surface area contributed by atoms with Crippen LogP contribution >= 0.6 is 15.9 Å². The summed E-state index contributed by atoms with van der Waals surface area (Å²) in [7, 11) is 0. The van der Waals surface area contributed by atoms with Gasteiger partial charge < -0.3 is 10.5 Å². The number of carbonyl (C=O) groups is 1. The molecule has 0 saturated heterocycles. The van der Waals surface area contributed by atoms with Crippen LogP contribution in [0.3, 0.4) is 0 Å². The zero-order valence-corrected chi connectivity index (χ0v) is 10.3. The normalized spacial score (nSPS) is 11.4. The van der Waals surface area contributed by atoms with Gasteiger partial charge in [-0.25, -0.2) is 4.79 Å². The Kier molecular flexibility index (Phi) is 3.73. The molecule has 1 aromatic rings. The molecule has 1 aromatic heterocycles. The number of carbonyl (C=O) groups excluding carboxylic acids is 1. The van der Waals surface area contributed by atoms with Crippen LogP contribution in [0.5, 0.6) is 0 Å². The third kappa shape index (κ3) is 4.33. The van der Waals surface area contributed by atoms with Crippen molar-refractivity contribution in [2.45, 2.75) is 20.4 Å². The molecule has 0 radical (unpaired) electrons. The lowest BCUT2D eigenvalue weighted by Crippen LogP contribution is -2.29. The predicted octanol–water partition coefficient (Wildman–Crippen LogP) is 1.77. The minimum absolute atomic E-state index is 0.194. The van der Waals surface area contributed by atoms with Crippen LogP contribution in [0.1, 0.15) is 13.8 Å². The van der Waals surface area contributed by atoms with Crippen LogP contribution in [0, 0.1) is 5.41 Å². The van der Waals surface area contributed by atoms with E-state index in [0.29, 0.717) is 6.54 Å². The van der Waals surface area contributed by atoms with E-state index in [2.05, 4.69) is 21.0 Å². The fourth-order valence-electron chi connectivity index (χ4n) is 1.18. The Balaban J connectivity index is 2.52. The van der Waals surface area contributed by atoms with E-state index < -0.39 is 6.09 Å². The highest BCUT2D eigenvalue weighted by molar-refractivity contribution is 9.10. The van der Waals surface area contributed by atoms with Gasteiger partial charge in [-0.2, -0.15) is 5.10 Å². The summed E-state index contributed by atoms with van der Waals surface area (Å²) in [6, 6.07) is 0. The third-order valence-electron chi connectivity index (χ3n) is 1.80. The summed E-state index contributed by atoms with van der Waals surface area (Å²) in [5, 5.41) is 4.13. The molecule has 0 fully saturated rings. The quantitative estimate of drug-likeness (QED) is 0.911. The highest BCUT2D eigenvalue weighted by Crippen LogP contribution is 2.19. The summed E-state index contributed by atoms with van der Waals surface area (Å²) in [5.41, 5.74) is 4.71. The Morgan fingerprint density at radius 2 is 2.40 bits per heavy atom. The van der Waals surface area contributed by atoms with E-state index in [4.69, 9.17) is 10.5 Å². The first kappa shape index (κ1) is 12.0. The number of primary amides is 1. The molecule has 6 heteroatoms. The maximum Gasteiger partial charge on any atom is 0.404 e. The second-order valence-corrected chi connectivity index (χ2v) is 5.04. The zero-order valence-electron chi connectivity index (χ0n) is 8.74. The molecular formula is C9H14BrN3O2. The highest BCUT2D eigenvalue weighted by Gasteiger charge is 2.21. The molecular weight excluding hydrogens is 262 g/mol. The van der Waals surface area contributed by atoms with Gasteiger partial charge in [-0.15, -0.1) is 0 Å². The van der Waals surface area contributed by atoms with Crippen LogP contribution in [-0.4, -0.2) is 22.5 Å². The molecule has 0 aliphatic rings. The fourth-order valence-corrected chi connectivity index (χ4v) is 1.50. The number of hydrogen-bond donors (Lipinski definition) is 1. The summed E-state index contributed by atoms with van der Waals surface area (Å²) in [4.78, 5) is 10.5. The monoisotopic (exact) mass is 275 g/mol. The topological polar surface area (TPSA) is 70.1 Å². The van der Waals surface area contributed by atoms with Gasteiger partial charge >= 0.3 is 6.09 Å². The highest BCUT2D eigenvalue weighted by atomic mass is 79.9. The van der Waals surface area contributed by atoms with Crippen molar-refractivity contribution in [1.29, 1.82) is 0 Å². The smallest absolute Gasteiger partial charge is 0.404 e. The Morgan fingerprint density at radius 3 is 2.87 bits per heavy atom. The molecule has 0 unspecified atom stereocenters. The Morgan fingerprint density at radius 1 is 1.73 bits per heavy atom. The van der Waals surface area contributed by atoms with Crippen LogP contribution < -0.4 is 5.73 Å².